The number of hydrogen-bond donors (Lipinski definition) is 3. The van der Waals surface area contributed by atoms with Crippen molar-refractivity contribution >= 4 is 35.1 Å². The van der Waals surface area contributed by atoms with Crippen molar-refractivity contribution in [2.45, 2.75) is 12.6 Å². The monoisotopic (exact) mass is 407 g/mol. The van der Waals surface area contributed by atoms with E-state index in [2.05, 4.69) is 9.98 Å². The number of halogens is 2. The van der Waals surface area contributed by atoms with Crippen LogP contribution in [-0.4, -0.2) is 35.1 Å². The Morgan fingerprint density at radius 3 is 2.63 bits per heavy atom. The minimum Gasteiger partial charge on any atom is -0.508 e. The molecule has 0 radical (unpaired) electrons. The molecule has 0 amide bonds. The summed E-state index contributed by atoms with van der Waals surface area (Å²) in [6, 6.07) is 12.0. The second kappa shape index (κ2) is 8.37. The van der Waals surface area contributed by atoms with Crippen molar-refractivity contribution in [3.05, 3.63) is 58.1 Å². The summed E-state index contributed by atoms with van der Waals surface area (Å²) in [4.78, 5) is 10.1. The van der Waals surface area contributed by atoms with E-state index < -0.39 is 6.17 Å². The number of para-hydroxylation sites is 1. The molecule has 1 atom stereocenters. The number of hydrogen-bond acceptors (Lipinski definition) is 7. The molecule has 3 rings (SSSR count). The fraction of sp³-hybridized carbons (Fsp3) is 0.222. The highest BCUT2D eigenvalue weighted by Gasteiger charge is 2.27. The fourth-order valence-corrected chi connectivity index (χ4v) is 2.99. The molecule has 27 heavy (non-hydrogen) atoms. The van der Waals surface area contributed by atoms with E-state index in [9.17, 15) is 5.11 Å². The van der Waals surface area contributed by atoms with Crippen LogP contribution in [0.1, 0.15) is 18.2 Å². The van der Waals surface area contributed by atoms with Crippen molar-refractivity contribution in [2.75, 3.05) is 13.2 Å². The van der Waals surface area contributed by atoms with Crippen LogP contribution in [0.25, 0.3) is 0 Å². The van der Waals surface area contributed by atoms with Crippen molar-refractivity contribution in [2.24, 2.45) is 21.5 Å². The fourth-order valence-electron chi connectivity index (χ4n) is 2.70. The molecule has 0 aromatic heterocycles. The predicted octanol–water partition coefficient (Wildman–Crippen LogP) is 3.11. The van der Waals surface area contributed by atoms with Crippen LogP contribution in [0.15, 0.2) is 52.4 Å². The molecule has 1 aliphatic rings. The van der Waals surface area contributed by atoms with Crippen LogP contribution in [0.3, 0.4) is 0 Å². The maximum absolute atomic E-state index is 10.2. The quantitative estimate of drug-likeness (QED) is 0.637. The average molecular weight is 408 g/mol. The molecule has 2 aromatic carbocycles. The van der Waals surface area contributed by atoms with Gasteiger partial charge in [0.25, 0.3) is 0 Å². The Balaban J connectivity index is 1.65. The van der Waals surface area contributed by atoms with Crippen LogP contribution >= 0.6 is 23.2 Å². The first-order chi connectivity index (χ1) is 13.0. The number of aliphatic imine (C=N–C) groups is 2. The highest BCUT2D eigenvalue weighted by molar-refractivity contribution is 6.42. The van der Waals surface area contributed by atoms with Gasteiger partial charge in [0.05, 0.1) is 16.7 Å². The van der Waals surface area contributed by atoms with E-state index >= 15 is 0 Å². The standard InChI is InChI=1S/C18H19Cl2N5O2/c19-13-7-6-11(10-14(13)20)27-9-3-8-25-16(23-17(21)24-18(25)22)12-4-1-2-5-15(12)26/h1-2,4-7,10,16,26H,3,8-9H2,(H4,21,22,23,24). The molecule has 1 unspecified atom stereocenters. The zero-order valence-corrected chi connectivity index (χ0v) is 15.9. The molecule has 142 valence electrons. The van der Waals surface area contributed by atoms with E-state index in [0.717, 1.165) is 0 Å². The summed E-state index contributed by atoms with van der Waals surface area (Å²) < 4.78 is 5.69. The van der Waals surface area contributed by atoms with E-state index in [1.165, 1.54) is 0 Å². The minimum atomic E-state index is -0.548. The van der Waals surface area contributed by atoms with Crippen molar-refractivity contribution in [3.63, 3.8) is 0 Å². The first kappa shape index (κ1) is 19.1. The number of rotatable bonds is 6. The first-order valence-electron chi connectivity index (χ1n) is 8.25. The van der Waals surface area contributed by atoms with E-state index in [1.54, 1.807) is 41.3 Å². The predicted molar refractivity (Wildman–Crippen MR) is 107 cm³/mol. The van der Waals surface area contributed by atoms with Gasteiger partial charge in [0.1, 0.15) is 11.5 Å². The van der Waals surface area contributed by atoms with Gasteiger partial charge in [-0.15, -0.1) is 0 Å². The maximum Gasteiger partial charge on any atom is 0.220 e. The van der Waals surface area contributed by atoms with Crippen LogP contribution in [-0.2, 0) is 0 Å². The van der Waals surface area contributed by atoms with Crippen LogP contribution < -0.4 is 16.2 Å². The molecule has 2 aromatic rings. The molecule has 1 aliphatic heterocycles. The number of aromatic hydroxyl groups is 1. The number of ether oxygens (including phenoxy) is 1. The second-order valence-corrected chi connectivity index (χ2v) is 6.68. The topological polar surface area (TPSA) is 109 Å². The molecule has 1 heterocycles. The summed E-state index contributed by atoms with van der Waals surface area (Å²) in [7, 11) is 0. The molecule has 0 bridgehead atoms. The van der Waals surface area contributed by atoms with Crippen molar-refractivity contribution in [1.82, 2.24) is 4.90 Å². The summed E-state index contributed by atoms with van der Waals surface area (Å²) in [5, 5.41) is 11.1. The van der Waals surface area contributed by atoms with E-state index in [1.807, 2.05) is 6.07 Å². The Kier molecular flexibility index (Phi) is 5.93. The van der Waals surface area contributed by atoms with Crippen molar-refractivity contribution in [1.29, 1.82) is 0 Å². The van der Waals surface area contributed by atoms with Gasteiger partial charge in [0.15, 0.2) is 6.17 Å². The minimum absolute atomic E-state index is 0.0732. The average Bonchev–Trinajstić information content (AvgIpc) is 2.63. The van der Waals surface area contributed by atoms with Crippen molar-refractivity contribution in [3.8, 4) is 11.5 Å². The SMILES string of the molecule is NC1=NC(c2ccccc2O)N(CCCOc2ccc(Cl)c(Cl)c2)C(N)=N1. The Bertz CT molecular complexity index is 888. The lowest BCUT2D eigenvalue weighted by Gasteiger charge is -2.33. The number of nitrogens with zero attached hydrogens (tertiary/aromatic N) is 3. The lowest BCUT2D eigenvalue weighted by molar-refractivity contribution is 0.255. The van der Waals surface area contributed by atoms with Crippen LogP contribution in [0.5, 0.6) is 11.5 Å². The molecule has 0 aliphatic carbocycles. The Labute approximate surface area is 166 Å². The molecule has 7 nitrogen and oxygen atoms in total. The van der Waals surface area contributed by atoms with Gasteiger partial charge in [-0.25, -0.2) is 4.99 Å². The van der Waals surface area contributed by atoms with Gasteiger partial charge in [-0.2, -0.15) is 4.99 Å². The lowest BCUT2D eigenvalue weighted by atomic mass is 10.1. The molecule has 0 fully saturated rings. The lowest BCUT2D eigenvalue weighted by Crippen LogP contribution is -2.44. The third kappa shape index (κ3) is 4.56. The number of phenols is 1. The number of benzene rings is 2. The largest absolute Gasteiger partial charge is 0.508 e. The smallest absolute Gasteiger partial charge is 0.220 e. The molecule has 9 heteroatoms. The number of nitrogens with two attached hydrogens (primary N) is 2. The third-order valence-electron chi connectivity index (χ3n) is 3.99. The van der Waals surface area contributed by atoms with Crippen LogP contribution in [0.2, 0.25) is 10.0 Å². The van der Waals surface area contributed by atoms with Gasteiger partial charge in [0.2, 0.25) is 11.9 Å². The van der Waals surface area contributed by atoms with Gasteiger partial charge in [-0.3, -0.25) is 0 Å². The summed E-state index contributed by atoms with van der Waals surface area (Å²) >= 11 is 11.9. The van der Waals surface area contributed by atoms with Gasteiger partial charge < -0.3 is 26.2 Å². The summed E-state index contributed by atoms with van der Waals surface area (Å²) in [5.74, 6) is 1.06. The van der Waals surface area contributed by atoms with Gasteiger partial charge >= 0.3 is 0 Å². The van der Waals surface area contributed by atoms with Crippen LogP contribution in [0.4, 0.5) is 0 Å². The molecule has 5 N–H and O–H groups in total. The van der Waals surface area contributed by atoms with Crippen LogP contribution in [0, 0.1) is 0 Å². The van der Waals surface area contributed by atoms with E-state index in [4.69, 9.17) is 39.4 Å². The van der Waals surface area contributed by atoms with Gasteiger partial charge in [0, 0.05) is 18.2 Å². The molecule has 0 spiro atoms. The highest BCUT2D eigenvalue weighted by Crippen LogP contribution is 2.31. The zero-order valence-electron chi connectivity index (χ0n) is 14.3. The zero-order chi connectivity index (χ0) is 19.4. The Morgan fingerprint density at radius 2 is 1.89 bits per heavy atom. The molecular weight excluding hydrogens is 389 g/mol. The Hall–Kier alpha value is -2.64. The van der Waals surface area contributed by atoms with Crippen molar-refractivity contribution < 1.29 is 9.84 Å². The summed E-state index contributed by atoms with van der Waals surface area (Å²) in [5.41, 5.74) is 12.4. The maximum atomic E-state index is 10.2. The second-order valence-electron chi connectivity index (χ2n) is 5.86. The van der Waals surface area contributed by atoms with Gasteiger partial charge in [-0.1, -0.05) is 41.4 Å². The molecule has 0 saturated carbocycles. The third-order valence-corrected chi connectivity index (χ3v) is 4.73. The van der Waals surface area contributed by atoms with E-state index in [0.29, 0.717) is 40.9 Å². The molecule has 0 saturated heterocycles. The summed E-state index contributed by atoms with van der Waals surface area (Å²) in [6.07, 6.45) is 0.0874. The Morgan fingerprint density at radius 1 is 1.11 bits per heavy atom. The summed E-state index contributed by atoms with van der Waals surface area (Å²) in [6.45, 7) is 0.931. The highest BCUT2D eigenvalue weighted by atomic mass is 35.5. The number of phenolic OH excluding ortho intramolecular Hbond substituents is 1. The number of guanidine groups is 2. The van der Waals surface area contributed by atoms with Gasteiger partial charge in [-0.05, 0) is 24.6 Å². The van der Waals surface area contributed by atoms with E-state index in [-0.39, 0.29) is 17.7 Å². The molecular formula is C18H19Cl2N5O2. The first-order valence-corrected chi connectivity index (χ1v) is 9.01. The normalized spacial score (nSPS) is 16.7.